The van der Waals surface area contributed by atoms with Crippen LogP contribution in [0.3, 0.4) is 0 Å². The summed E-state index contributed by atoms with van der Waals surface area (Å²) in [5.74, 6) is 6.67. The molecule has 0 spiro atoms. The number of carbonyl (C=O) groups excluding carboxylic acids is 1. The molecular weight excluding hydrogens is 240 g/mol. The van der Waals surface area contributed by atoms with E-state index in [0.717, 1.165) is 31.4 Å². The van der Waals surface area contributed by atoms with Crippen LogP contribution in [0.25, 0.3) is 0 Å². The highest BCUT2D eigenvalue weighted by Gasteiger charge is 2.19. The van der Waals surface area contributed by atoms with Crippen LogP contribution in [0, 0.1) is 11.8 Å². The number of aromatic nitrogens is 1. The van der Waals surface area contributed by atoms with Crippen LogP contribution in [0.5, 0.6) is 0 Å². The zero-order valence-electron chi connectivity index (χ0n) is 10.9. The molecule has 2 heterocycles. The van der Waals surface area contributed by atoms with E-state index in [1.807, 2.05) is 12.1 Å². The van der Waals surface area contributed by atoms with E-state index in [2.05, 4.69) is 16.8 Å². The molecule has 19 heavy (non-hydrogen) atoms. The number of aliphatic hydroxyl groups excluding tert-OH is 1. The van der Waals surface area contributed by atoms with Crippen LogP contribution in [0.2, 0.25) is 0 Å². The van der Waals surface area contributed by atoms with Gasteiger partial charge in [0.2, 0.25) is 5.91 Å². The molecule has 4 nitrogen and oxygen atoms in total. The zero-order valence-corrected chi connectivity index (χ0v) is 10.9. The van der Waals surface area contributed by atoms with Crippen LogP contribution in [-0.2, 0) is 4.79 Å². The van der Waals surface area contributed by atoms with Gasteiger partial charge in [0, 0.05) is 31.1 Å². The summed E-state index contributed by atoms with van der Waals surface area (Å²) < 4.78 is 0. The molecule has 1 fully saturated rings. The monoisotopic (exact) mass is 258 g/mol. The van der Waals surface area contributed by atoms with Gasteiger partial charge < -0.3 is 5.11 Å². The van der Waals surface area contributed by atoms with Crippen molar-refractivity contribution in [2.24, 2.45) is 0 Å². The molecule has 1 aromatic heterocycles. The SMILES string of the molecule is O=C1CCCCCN1c1cc(C#CCCO)ccn1. The minimum absolute atomic E-state index is 0.0650. The third kappa shape index (κ3) is 3.80. The molecule has 0 atom stereocenters. The van der Waals surface area contributed by atoms with Crippen LogP contribution in [0.15, 0.2) is 18.3 Å². The maximum atomic E-state index is 12.0. The lowest BCUT2D eigenvalue weighted by Gasteiger charge is -2.19. The summed E-state index contributed by atoms with van der Waals surface area (Å²) in [5.41, 5.74) is 0.829. The summed E-state index contributed by atoms with van der Waals surface area (Å²) in [5, 5.41) is 8.70. The molecule has 1 aromatic rings. The van der Waals surface area contributed by atoms with E-state index in [1.165, 1.54) is 0 Å². The Balaban J connectivity index is 2.17. The van der Waals surface area contributed by atoms with Gasteiger partial charge in [0.05, 0.1) is 6.61 Å². The summed E-state index contributed by atoms with van der Waals surface area (Å²) in [6.07, 6.45) is 5.82. The van der Waals surface area contributed by atoms with E-state index in [1.54, 1.807) is 11.1 Å². The molecule has 0 bridgehead atoms. The molecular formula is C15H18N2O2. The Bertz CT molecular complexity index is 502. The highest BCUT2D eigenvalue weighted by atomic mass is 16.2. The number of aliphatic hydroxyl groups is 1. The predicted molar refractivity (Wildman–Crippen MR) is 73.6 cm³/mol. The quantitative estimate of drug-likeness (QED) is 0.822. The largest absolute Gasteiger partial charge is 0.395 e. The fraction of sp³-hybridized carbons (Fsp3) is 0.467. The van der Waals surface area contributed by atoms with Crippen molar-refractivity contribution < 1.29 is 9.90 Å². The Morgan fingerprint density at radius 1 is 1.37 bits per heavy atom. The third-order valence-corrected chi connectivity index (χ3v) is 3.06. The summed E-state index contributed by atoms with van der Waals surface area (Å²) in [6.45, 7) is 0.801. The van der Waals surface area contributed by atoms with E-state index in [0.29, 0.717) is 18.7 Å². The smallest absolute Gasteiger partial charge is 0.228 e. The fourth-order valence-corrected chi connectivity index (χ4v) is 2.09. The Morgan fingerprint density at radius 3 is 3.11 bits per heavy atom. The molecule has 4 heteroatoms. The van der Waals surface area contributed by atoms with E-state index in [4.69, 9.17) is 5.11 Å². The van der Waals surface area contributed by atoms with Crippen LogP contribution in [0.4, 0.5) is 5.82 Å². The van der Waals surface area contributed by atoms with Crippen molar-refractivity contribution >= 4 is 11.7 Å². The summed E-state index contributed by atoms with van der Waals surface area (Å²) in [7, 11) is 0. The van der Waals surface area contributed by atoms with Crippen molar-refractivity contribution in [1.29, 1.82) is 0 Å². The van der Waals surface area contributed by atoms with Crippen LogP contribution < -0.4 is 4.90 Å². The predicted octanol–water partition coefficient (Wildman–Crippen LogP) is 1.72. The van der Waals surface area contributed by atoms with Crippen molar-refractivity contribution in [1.82, 2.24) is 4.98 Å². The minimum atomic E-state index is 0.0650. The summed E-state index contributed by atoms with van der Waals surface area (Å²) in [6, 6.07) is 3.66. The molecule has 2 rings (SSSR count). The van der Waals surface area contributed by atoms with Gasteiger partial charge in [0.1, 0.15) is 5.82 Å². The van der Waals surface area contributed by atoms with E-state index < -0.39 is 0 Å². The molecule has 1 aliphatic heterocycles. The number of hydrogen-bond acceptors (Lipinski definition) is 3. The van der Waals surface area contributed by atoms with Gasteiger partial charge in [-0.25, -0.2) is 4.98 Å². The first-order valence-electron chi connectivity index (χ1n) is 6.67. The molecule has 0 saturated carbocycles. The maximum Gasteiger partial charge on any atom is 0.228 e. The number of rotatable bonds is 2. The molecule has 0 unspecified atom stereocenters. The lowest BCUT2D eigenvalue weighted by Crippen LogP contribution is -2.30. The molecule has 1 saturated heterocycles. The van der Waals surface area contributed by atoms with E-state index >= 15 is 0 Å². The number of pyridine rings is 1. The van der Waals surface area contributed by atoms with Gasteiger partial charge in [-0.05, 0) is 25.0 Å². The molecule has 1 aliphatic rings. The van der Waals surface area contributed by atoms with Crippen LogP contribution >= 0.6 is 0 Å². The van der Waals surface area contributed by atoms with Gasteiger partial charge >= 0.3 is 0 Å². The van der Waals surface area contributed by atoms with Gasteiger partial charge in [0.25, 0.3) is 0 Å². The molecule has 0 aliphatic carbocycles. The van der Waals surface area contributed by atoms with Crippen molar-refractivity contribution in [3.8, 4) is 11.8 Å². The average Bonchev–Trinajstić information content (AvgIpc) is 2.64. The number of nitrogens with zero attached hydrogens (tertiary/aromatic N) is 2. The van der Waals surface area contributed by atoms with E-state index in [9.17, 15) is 4.79 Å². The first kappa shape index (κ1) is 13.6. The van der Waals surface area contributed by atoms with E-state index in [-0.39, 0.29) is 12.5 Å². The first-order valence-corrected chi connectivity index (χ1v) is 6.67. The Kier molecular flexibility index (Phi) is 4.93. The van der Waals surface area contributed by atoms with Crippen molar-refractivity contribution in [2.75, 3.05) is 18.1 Å². The second kappa shape index (κ2) is 6.91. The number of hydrogen-bond donors (Lipinski definition) is 1. The Morgan fingerprint density at radius 2 is 2.26 bits per heavy atom. The van der Waals surface area contributed by atoms with Crippen molar-refractivity contribution in [3.05, 3.63) is 23.9 Å². The van der Waals surface area contributed by atoms with Gasteiger partial charge in [-0.15, -0.1) is 0 Å². The van der Waals surface area contributed by atoms with Crippen LogP contribution in [0.1, 0.15) is 37.7 Å². The summed E-state index contributed by atoms with van der Waals surface area (Å²) in [4.78, 5) is 18.0. The Labute approximate surface area is 113 Å². The van der Waals surface area contributed by atoms with Crippen molar-refractivity contribution in [2.45, 2.75) is 32.1 Å². The molecule has 1 N–H and O–H groups in total. The molecule has 0 radical (unpaired) electrons. The van der Waals surface area contributed by atoms with Gasteiger partial charge in [-0.2, -0.15) is 0 Å². The second-order valence-corrected chi connectivity index (χ2v) is 4.53. The normalized spacial score (nSPS) is 15.6. The van der Waals surface area contributed by atoms with Gasteiger partial charge in [0.15, 0.2) is 0 Å². The van der Waals surface area contributed by atoms with Crippen molar-refractivity contribution in [3.63, 3.8) is 0 Å². The molecule has 0 aromatic carbocycles. The molecule has 100 valence electrons. The lowest BCUT2D eigenvalue weighted by atomic mass is 10.2. The van der Waals surface area contributed by atoms with Crippen LogP contribution in [-0.4, -0.2) is 29.1 Å². The van der Waals surface area contributed by atoms with Gasteiger partial charge in [-0.1, -0.05) is 18.3 Å². The number of carbonyl (C=O) groups is 1. The topological polar surface area (TPSA) is 53.4 Å². The fourth-order valence-electron chi connectivity index (χ4n) is 2.09. The first-order chi connectivity index (χ1) is 9.31. The molecule has 1 amide bonds. The minimum Gasteiger partial charge on any atom is -0.395 e. The average molecular weight is 258 g/mol. The van der Waals surface area contributed by atoms with Gasteiger partial charge in [-0.3, -0.25) is 9.69 Å². The number of amides is 1. The highest BCUT2D eigenvalue weighted by Crippen LogP contribution is 2.18. The Hall–Kier alpha value is -1.86. The number of anilines is 1. The summed E-state index contributed by atoms with van der Waals surface area (Å²) >= 11 is 0. The standard InChI is InChI=1S/C15H18N2O2/c18-11-5-3-6-13-8-9-16-14(12-13)17-10-4-1-2-7-15(17)19/h8-9,12,18H,1-2,4-5,7,10-11H2. The highest BCUT2D eigenvalue weighted by molar-refractivity contribution is 5.92. The third-order valence-electron chi connectivity index (χ3n) is 3.06. The second-order valence-electron chi connectivity index (χ2n) is 4.53. The lowest BCUT2D eigenvalue weighted by molar-refractivity contribution is -0.118. The maximum absolute atomic E-state index is 12.0. The zero-order chi connectivity index (χ0) is 13.5.